The molecule has 0 aliphatic rings. The molecule has 3 heteroatoms. The maximum atomic E-state index is 9.76. The van der Waals surface area contributed by atoms with E-state index in [0.717, 1.165) is 18.5 Å². The third-order valence-electron chi connectivity index (χ3n) is 3.03. The molecule has 0 saturated carbocycles. The second-order valence-corrected chi connectivity index (χ2v) is 5.60. The van der Waals surface area contributed by atoms with Crippen molar-refractivity contribution in [1.29, 1.82) is 0 Å². The molecule has 0 radical (unpaired) electrons. The zero-order chi connectivity index (χ0) is 13.0. The lowest BCUT2D eigenvalue weighted by molar-refractivity contribution is 0.218. The van der Waals surface area contributed by atoms with Crippen LogP contribution in [0.25, 0.3) is 0 Å². The summed E-state index contributed by atoms with van der Waals surface area (Å²) in [5.74, 6) is 0.999. The largest absolute Gasteiger partial charge is 0.508 e. The van der Waals surface area contributed by atoms with E-state index in [1.54, 1.807) is 12.1 Å². The van der Waals surface area contributed by atoms with Crippen LogP contribution < -0.4 is 0 Å². The van der Waals surface area contributed by atoms with Crippen LogP contribution in [0.15, 0.2) is 18.2 Å². The van der Waals surface area contributed by atoms with Gasteiger partial charge in [-0.1, -0.05) is 25.4 Å². The van der Waals surface area contributed by atoms with E-state index in [0.29, 0.717) is 22.7 Å². The lowest BCUT2D eigenvalue weighted by atomic mass is 10.0. The number of hydrogen-bond donors (Lipinski definition) is 1. The highest BCUT2D eigenvalue weighted by atomic mass is 35.5. The van der Waals surface area contributed by atoms with E-state index in [4.69, 9.17) is 11.6 Å². The Morgan fingerprint density at radius 2 is 1.94 bits per heavy atom. The molecule has 0 saturated heterocycles. The first-order valence-electron chi connectivity index (χ1n) is 6.07. The molecule has 1 atom stereocenters. The quantitative estimate of drug-likeness (QED) is 0.862. The predicted molar refractivity (Wildman–Crippen MR) is 73.5 cm³/mol. The molecule has 0 amide bonds. The van der Waals surface area contributed by atoms with E-state index in [-0.39, 0.29) is 0 Å². The summed E-state index contributed by atoms with van der Waals surface area (Å²) in [6, 6.07) is 5.68. The van der Waals surface area contributed by atoms with Crippen molar-refractivity contribution < 1.29 is 5.11 Å². The van der Waals surface area contributed by atoms with Crippen LogP contribution in [-0.2, 0) is 6.54 Å². The highest BCUT2D eigenvalue weighted by molar-refractivity contribution is 6.30. The Morgan fingerprint density at radius 1 is 1.29 bits per heavy atom. The first-order valence-corrected chi connectivity index (χ1v) is 6.45. The molecule has 2 nitrogen and oxygen atoms in total. The fourth-order valence-corrected chi connectivity index (χ4v) is 2.16. The van der Waals surface area contributed by atoms with Crippen LogP contribution >= 0.6 is 11.6 Å². The minimum atomic E-state index is 0.318. The first-order chi connectivity index (χ1) is 7.90. The third kappa shape index (κ3) is 4.57. The van der Waals surface area contributed by atoms with Gasteiger partial charge in [0.05, 0.1) is 0 Å². The fraction of sp³-hybridized carbons (Fsp3) is 0.571. The second-order valence-electron chi connectivity index (χ2n) is 5.17. The molecule has 96 valence electrons. The average molecular weight is 256 g/mol. The van der Waals surface area contributed by atoms with Crippen LogP contribution in [-0.4, -0.2) is 23.1 Å². The molecule has 0 aromatic heterocycles. The Hall–Kier alpha value is -0.730. The van der Waals surface area contributed by atoms with Crippen molar-refractivity contribution in [3.8, 4) is 5.75 Å². The van der Waals surface area contributed by atoms with Gasteiger partial charge < -0.3 is 5.11 Å². The molecule has 1 aromatic rings. The Bertz CT molecular complexity index is 365. The molecule has 0 aliphatic heterocycles. The van der Waals surface area contributed by atoms with Gasteiger partial charge in [0.25, 0.3) is 0 Å². The van der Waals surface area contributed by atoms with E-state index < -0.39 is 0 Å². The zero-order valence-electron chi connectivity index (χ0n) is 11.1. The third-order valence-corrected chi connectivity index (χ3v) is 3.26. The highest BCUT2D eigenvalue weighted by Gasteiger charge is 2.13. The van der Waals surface area contributed by atoms with E-state index in [9.17, 15) is 5.11 Å². The van der Waals surface area contributed by atoms with Crippen molar-refractivity contribution in [2.45, 2.75) is 39.8 Å². The summed E-state index contributed by atoms with van der Waals surface area (Å²) >= 11 is 5.93. The van der Waals surface area contributed by atoms with E-state index >= 15 is 0 Å². The Balaban J connectivity index is 2.67. The number of hydrogen-bond acceptors (Lipinski definition) is 2. The van der Waals surface area contributed by atoms with Crippen molar-refractivity contribution >= 4 is 11.6 Å². The van der Waals surface area contributed by atoms with Gasteiger partial charge in [-0.15, -0.1) is 0 Å². The summed E-state index contributed by atoms with van der Waals surface area (Å²) in [5.41, 5.74) is 0.885. The number of phenolic OH excluding ortho intramolecular Hbond substituents is 1. The van der Waals surface area contributed by atoms with Crippen LogP contribution in [0.4, 0.5) is 0 Å². The lowest BCUT2D eigenvalue weighted by Gasteiger charge is -2.26. The topological polar surface area (TPSA) is 23.5 Å². The first kappa shape index (κ1) is 14.3. The molecular weight excluding hydrogens is 234 g/mol. The Kier molecular flexibility index (Phi) is 5.29. The summed E-state index contributed by atoms with van der Waals surface area (Å²) in [7, 11) is 2.08. The van der Waals surface area contributed by atoms with Crippen LogP contribution in [0.1, 0.15) is 32.8 Å². The number of phenols is 1. The summed E-state index contributed by atoms with van der Waals surface area (Å²) in [6.07, 6.45) is 1.15. The Labute approximate surface area is 109 Å². The monoisotopic (exact) mass is 255 g/mol. The van der Waals surface area contributed by atoms with Gasteiger partial charge >= 0.3 is 0 Å². The molecule has 1 unspecified atom stereocenters. The van der Waals surface area contributed by atoms with Crippen molar-refractivity contribution in [1.82, 2.24) is 4.90 Å². The van der Waals surface area contributed by atoms with Gasteiger partial charge in [-0.25, -0.2) is 0 Å². The van der Waals surface area contributed by atoms with Crippen molar-refractivity contribution in [2.75, 3.05) is 7.05 Å². The maximum Gasteiger partial charge on any atom is 0.120 e. The fourth-order valence-electron chi connectivity index (χ4n) is 1.97. The number of benzene rings is 1. The van der Waals surface area contributed by atoms with E-state index in [1.807, 2.05) is 6.07 Å². The standard InChI is InChI=1S/C14H22ClNO/c1-10(2)7-11(3)16(4)9-12-8-13(15)5-6-14(12)17/h5-6,8,10-11,17H,7,9H2,1-4H3. The molecule has 1 aromatic carbocycles. The lowest BCUT2D eigenvalue weighted by Crippen LogP contribution is -2.29. The zero-order valence-corrected chi connectivity index (χ0v) is 11.8. The Morgan fingerprint density at radius 3 is 2.53 bits per heavy atom. The minimum Gasteiger partial charge on any atom is -0.508 e. The molecule has 0 bridgehead atoms. The smallest absolute Gasteiger partial charge is 0.120 e. The van der Waals surface area contributed by atoms with Crippen LogP contribution in [0.3, 0.4) is 0 Å². The molecule has 1 N–H and O–H groups in total. The van der Waals surface area contributed by atoms with Crippen molar-refractivity contribution in [3.05, 3.63) is 28.8 Å². The summed E-state index contributed by atoms with van der Waals surface area (Å²) in [5, 5.41) is 10.4. The van der Waals surface area contributed by atoms with Gasteiger partial charge in [-0.05, 0) is 44.5 Å². The molecule has 1 rings (SSSR count). The molecule has 0 aliphatic carbocycles. The minimum absolute atomic E-state index is 0.318. The van der Waals surface area contributed by atoms with Gasteiger partial charge in [0.2, 0.25) is 0 Å². The normalized spacial score (nSPS) is 13.4. The molecule has 0 heterocycles. The molecular formula is C14H22ClNO. The number of nitrogens with zero attached hydrogens (tertiary/aromatic N) is 1. The van der Waals surface area contributed by atoms with Crippen LogP contribution in [0.2, 0.25) is 5.02 Å². The van der Waals surface area contributed by atoms with Gasteiger partial charge in [0.1, 0.15) is 5.75 Å². The number of aromatic hydroxyl groups is 1. The van der Waals surface area contributed by atoms with Gasteiger partial charge in [0.15, 0.2) is 0 Å². The number of rotatable bonds is 5. The summed E-state index contributed by atoms with van der Waals surface area (Å²) in [6.45, 7) is 7.38. The highest BCUT2D eigenvalue weighted by Crippen LogP contribution is 2.23. The van der Waals surface area contributed by atoms with Gasteiger partial charge in [-0.3, -0.25) is 4.90 Å². The molecule has 0 fully saturated rings. The van der Waals surface area contributed by atoms with E-state index in [1.165, 1.54) is 0 Å². The average Bonchev–Trinajstić information content (AvgIpc) is 2.22. The summed E-state index contributed by atoms with van der Waals surface area (Å²) < 4.78 is 0. The van der Waals surface area contributed by atoms with E-state index in [2.05, 4.69) is 32.7 Å². The molecule has 0 spiro atoms. The predicted octanol–water partition coefficient (Wildman–Crippen LogP) is 3.91. The molecule has 17 heavy (non-hydrogen) atoms. The van der Waals surface area contributed by atoms with Crippen LogP contribution in [0, 0.1) is 5.92 Å². The van der Waals surface area contributed by atoms with Gasteiger partial charge in [-0.2, -0.15) is 0 Å². The maximum absolute atomic E-state index is 9.76. The van der Waals surface area contributed by atoms with Gasteiger partial charge in [0, 0.05) is 23.2 Å². The second kappa shape index (κ2) is 6.27. The summed E-state index contributed by atoms with van der Waals surface area (Å²) in [4.78, 5) is 2.24. The van der Waals surface area contributed by atoms with Crippen molar-refractivity contribution in [3.63, 3.8) is 0 Å². The number of halogens is 1. The SMILES string of the molecule is CC(C)CC(C)N(C)Cc1cc(Cl)ccc1O. The van der Waals surface area contributed by atoms with Crippen molar-refractivity contribution in [2.24, 2.45) is 5.92 Å². The van der Waals surface area contributed by atoms with Crippen LogP contribution in [0.5, 0.6) is 5.75 Å².